The molecule has 1 aliphatic heterocycles. The largest absolute Gasteiger partial charge is 0.353 e. The van der Waals surface area contributed by atoms with Crippen molar-refractivity contribution in [1.82, 2.24) is 5.32 Å². The van der Waals surface area contributed by atoms with Crippen LogP contribution in [-0.2, 0) is 4.79 Å². The Labute approximate surface area is 72.7 Å². The molecule has 3 nitrogen and oxygen atoms in total. The van der Waals surface area contributed by atoms with E-state index in [0.717, 1.165) is 12.8 Å². The smallest absolute Gasteiger partial charge is 0.220 e. The highest BCUT2D eigenvalue weighted by Gasteiger charge is 2.46. The van der Waals surface area contributed by atoms with Crippen molar-refractivity contribution in [3.63, 3.8) is 0 Å². The van der Waals surface area contributed by atoms with Crippen molar-refractivity contribution in [2.45, 2.75) is 38.1 Å². The molecule has 2 atom stereocenters. The van der Waals surface area contributed by atoms with Gasteiger partial charge in [-0.1, -0.05) is 12.8 Å². The van der Waals surface area contributed by atoms with Gasteiger partial charge in [-0.2, -0.15) is 0 Å². The van der Waals surface area contributed by atoms with Crippen molar-refractivity contribution in [3.05, 3.63) is 0 Å². The van der Waals surface area contributed by atoms with Gasteiger partial charge in [0, 0.05) is 24.4 Å². The first-order chi connectivity index (χ1) is 5.77. The van der Waals surface area contributed by atoms with E-state index in [9.17, 15) is 4.79 Å². The molecule has 3 N–H and O–H groups in total. The van der Waals surface area contributed by atoms with Gasteiger partial charge in [-0.3, -0.25) is 4.79 Å². The number of nitrogens with one attached hydrogen (secondary N) is 1. The van der Waals surface area contributed by atoms with Gasteiger partial charge in [0.2, 0.25) is 5.91 Å². The van der Waals surface area contributed by atoms with E-state index in [0.29, 0.717) is 19.0 Å². The second-order valence-corrected chi connectivity index (χ2v) is 4.11. The maximum Gasteiger partial charge on any atom is 0.220 e. The minimum Gasteiger partial charge on any atom is -0.353 e. The van der Waals surface area contributed by atoms with Crippen molar-refractivity contribution >= 4 is 5.91 Å². The number of carbonyl (C=O) groups excluding carboxylic acids is 1. The van der Waals surface area contributed by atoms with Gasteiger partial charge in [-0.15, -0.1) is 0 Å². The molecule has 1 saturated heterocycles. The summed E-state index contributed by atoms with van der Waals surface area (Å²) in [4.78, 5) is 11.2. The highest BCUT2D eigenvalue weighted by molar-refractivity contribution is 5.80. The van der Waals surface area contributed by atoms with Gasteiger partial charge < -0.3 is 11.1 Å². The van der Waals surface area contributed by atoms with E-state index in [-0.39, 0.29) is 11.3 Å². The Bertz CT molecular complexity index is 205. The number of fused-ring (bicyclic) bond motifs is 1. The topological polar surface area (TPSA) is 55.1 Å². The van der Waals surface area contributed by atoms with Crippen LogP contribution in [0.2, 0.25) is 0 Å². The number of rotatable bonds is 1. The van der Waals surface area contributed by atoms with Gasteiger partial charge in [-0.05, 0) is 12.8 Å². The van der Waals surface area contributed by atoms with E-state index in [2.05, 4.69) is 5.32 Å². The summed E-state index contributed by atoms with van der Waals surface area (Å²) in [6.07, 6.45) is 5.40. The van der Waals surface area contributed by atoms with Crippen LogP contribution in [0, 0.1) is 5.41 Å². The van der Waals surface area contributed by atoms with Crippen molar-refractivity contribution in [2.24, 2.45) is 11.1 Å². The molecule has 0 aromatic heterocycles. The predicted molar refractivity (Wildman–Crippen MR) is 46.5 cm³/mol. The molecule has 0 aromatic carbocycles. The fourth-order valence-electron chi connectivity index (χ4n) is 2.62. The lowest BCUT2D eigenvalue weighted by Gasteiger charge is -2.36. The summed E-state index contributed by atoms with van der Waals surface area (Å²) in [6.45, 7) is 0.663. The lowest BCUT2D eigenvalue weighted by molar-refractivity contribution is -0.119. The van der Waals surface area contributed by atoms with Crippen LogP contribution in [0.3, 0.4) is 0 Å². The van der Waals surface area contributed by atoms with Gasteiger partial charge in [0.1, 0.15) is 0 Å². The molecular weight excluding hydrogens is 152 g/mol. The standard InChI is InChI=1S/C9H16N2O/c10-6-9-4-2-1-3-7(9)11-8(12)5-9/h7H,1-6,10H2,(H,11,12). The first-order valence-corrected chi connectivity index (χ1v) is 4.76. The molecule has 2 rings (SSSR count). The van der Waals surface area contributed by atoms with E-state index in [1.807, 2.05) is 0 Å². The molecule has 12 heavy (non-hydrogen) atoms. The number of amides is 1. The third-order valence-corrected chi connectivity index (χ3v) is 3.41. The lowest BCUT2D eigenvalue weighted by atomic mass is 9.71. The zero-order chi connectivity index (χ0) is 8.60. The maximum atomic E-state index is 11.2. The second kappa shape index (κ2) is 2.73. The molecule has 68 valence electrons. The van der Waals surface area contributed by atoms with Gasteiger partial charge in [0.15, 0.2) is 0 Å². The normalized spacial score (nSPS) is 40.8. The Morgan fingerprint density at radius 2 is 2.42 bits per heavy atom. The summed E-state index contributed by atoms with van der Waals surface area (Å²) in [5.41, 5.74) is 5.87. The average Bonchev–Trinajstić information content (AvgIpc) is 2.41. The van der Waals surface area contributed by atoms with Crippen LogP contribution in [0.1, 0.15) is 32.1 Å². The van der Waals surface area contributed by atoms with Crippen LogP contribution in [0.5, 0.6) is 0 Å². The van der Waals surface area contributed by atoms with Crippen LogP contribution in [-0.4, -0.2) is 18.5 Å². The molecule has 1 heterocycles. The molecule has 1 amide bonds. The van der Waals surface area contributed by atoms with Crippen LogP contribution in [0.15, 0.2) is 0 Å². The molecule has 2 aliphatic rings. The minimum absolute atomic E-state index is 0.120. The number of hydrogen-bond acceptors (Lipinski definition) is 2. The van der Waals surface area contributed by atoms with Gasteiger partial charge in [-0.25, -0.2) is 0 Å². The highest BCUT2D eigenvalue weighted by atomic mass is 16.2. The monoisotopic (exact) mass is 168 g/mol. The number of carbonyl (C=O) groups is 1. The summed E-state index contributed by atoms with van der Waals surface area (Å²) in [6, 6.07) is 0.378. The first-order valence-electron chi connectivity index (χ1n) is 4.76. The van der Waals surface area contributed by atoms with Crippen molar-refractivity contribution < 1.29 is 4.79 Å². The fourth-order valence-corrected chi connectivity index (χ4v) is 2.62. The van der Waals surface area contributed by atoms with Crippen LogP contribution in [0.4, 0.5) is 0 Å². The van der Waals surface area contributed by atoms with E-state index < -0.39 is 0 Å². The molecule has 1 saturated carbocycles. The van der Waals surface area contributed by atoms with Gasteiger partial charge in [0.05, 0.1) is 0 Å². The molecule has 0 aromatic rings. The molecule has 2 unspecified atom stereocenters. The zero-order valence-electron chi connectivity index (χ0n) is 7.31. The van der Waals surface area contributed by atoms with Crippen LogP contribution >= 0.6 is 0 Å². The molecule has 0 radical (unpaired) electrons. The van der Waals surface area contributed by atoms with E-state index in [1.54, 1.807) is 0 Å². The Morgan fingerprint density at radius 3 is 3.08 bits per heavy atom. The van der Waals surface area contributed by atoms with Gasteiger partial charge >= 0.3 is 0 Å². The SMILES string of the molecule is NCC12CCCCC1NC(=O)C2. The Hall–Kier alpha value is -0.570. The number of nitrogens with two attached hydrogens (primary N) is 1. The summed E-state index contributed by atoms with van der Waals surface area (Å²) < 4.78 is 0. The maximum absolute atomic E-state index is 11.2. The van der Waals surface area contributed by atoms with E-state index >= 15 is 0 Å². The van der Waals surface area contributed by atoms with E-state index in [4.69, 9.17) is 5.73 Å². The van der Waals surface area contributed by atoms with Crippen LogP contribution < -0.4 is 11.1 Å². The Balaban J connectivity index is 2.19. The Kier molecular flexibility index (Phi) is 1.83. The summed E-state index contributed by atoms with van der Waals surface area (Å²) in [5, 5.41) is 3.03. The molecule has 1 aliphatic carbocycles. The Morgan fingerprint density at radius 1 is 1.58 bits per heavy atom. The third kappa shape index (κ3) is 1.04. The van der Waals surface area contributed by atoms with E-state index in [1.165, 1.54) is 12.8 Å². The second-order valence-electron chi connectivity index (χ2n) is 4.11. The van der Waals surface area contributed by atoms with Crippen molar-refractivity contribution in [2.75, 3.05) is 6.54 Å². The lowest BCUT2D eigenvalue weighted by Crippen LogP contribution is -2.44. The minimum atomic E-state index is 0.120. The summed E-state index contributed by atoms with van der Waals surface area (Å²) in [5.74, 6) is 0.201. The first kappa shape index (κ1) is 8.05. The molecule has 0 spiro atoms. The molecular formula is C9H16N2O. The predicted octanol–water partition coefficient (Wildman–Crippen LogP) is 0.394. The average molecular weight is 168 g/mol. The summed E-state index contributed by atoms with van der Waals surface area (Å²) in [7, 11) is 0. The summed E-state index contributed by atoms with van der Waals surface area (Å²) >= 11 is 0. The molecule has 2 fully saturated rings. The van der Waals surface area contributed by atoms with Crippen LogP contribution in [0.25, 0.3) is 0 Å². The quantitative estimate of drug-likeness (QED) is 0.595. The third-order valence-electron chi connectivity index (χ3n) is 3.41. The number of hydrogen-bond donors (Lipinski definition) is 2. The van der Waals surface area contributed by atoms with Gasteiger partial charge in [0.25, 0.3) is 0 Å². The zero-order valence-corrected chi connectivity index (χ0v) is 7.31. The highest BCUT2D eigenvalue weighted by Crippen LogP contribution is 2.42. The molecule has 0 bridgehead atoms. The fraction of sp³-hybridized carbons (Fsp3) is 0.889. The van der Waals surface area contributed by atoms with Crippen molar-refractivity contribution in [1.29, 1.82) is 0 Å². The van der Waals surface area contributed by atoms with Crippen molar-refractivity contribution in [3.8, 4) is 0 Å². The molecule has 3 heteroatoms.